The molecule has 0 heterocycles. The van der Waals surface area contributed by atoms with Crippen molar-refractivity contribution in [3.8, 4) is 0 Å². The van der Waals surface area contributed by atoms with Crippen LogP contribution >= 0.6 is 0 Å². The summed E-state index contributed by atoms with van der Waals surface area (Å²) in [7, 11) is 2.92. The molecule has 8 nitrogen and oxygen atoms in total. The van der Waals surface area contributed by atoms with Crippen molar-refractivity contribution in [2.45, 2.75) is 0 Å². The zero-order valence-corrected chi connectivity index (χ0v) is 9.17. The first-order valence-corrected chi connectivity index (χ1v) is 4.43. The van der Waals surface area contributed by atoms with E-state index in [4.69, 9.17) is 0 Å². The lowest BCUT2D eigenvalue weighted by Gasteiger charge is -1.99. The fourth-order valence-electron chi connectivity index (χ4n) is 0.564. The molecule has 8 heteroatoms. The molecule has 0 saturated heterocycles. The molecule has 0 saturated carbocycles. The molecule has 0 radical (unpaired) electrons. The van der Waals surface area contributed by atoms with E-state index in [0.29, 0.717) is 0 Å². The Labute approximate surface area is 92.5 Å². The maximum atomic E-state index is 10.8. The van der Waals surface area contributed by atoms with Gasteiger partial charge in [-0.3, -0.25) is 0 Å². The summed E-state index contributed by atoms with van der Waals surface area (Å²) in [5, 5.41) is 5.94. The van der Waals surface area contributed by atoms with Crippen LogP contribution in [-0.4, -0.2) is 52.8 Å². The van der Waals surface area contributed by atoms with E-state index in [1.807, 2.05) is 0 Å². The smallest absolute Gasteiger partial charge is 0.444 e. The van der Waals surface area contributed by atoms with Crippen molar-refractivity contribution in [3.05, 3.63) is 0 Å². The molecule has 16 heavy (non-hydrogen) atoms. The Kier molecular flexibility index (Phi) is 9.03. The van der Waals surface area contributed by atoms with E-state index in [0.717, 1.165) is 0 Å². The molecule has 0 N–H and O–H groups in total. The van der Waals surface area contributed by atoms with Gasteiger partial charge in [0.15, 0.2) is 0 Å². The van der Waals surface area contributed by atoms with E-state index in [-0.39, 0.29) is 26.4 Å². The fourth-order valence-corrected chi connectivity index (χ4v) is 0.564. The molecule has 2 amide bonds. The van der Waals surface area contributed by atoms with Gasteiger partial charge < -0.3 is 18.9 Å². The molecule has 0 aliphatic rings. The molecule has 0 atom stereocenters. The molecule has 0 rings (SSSR count). The van der Waals surface area contributed by atoms with Gasteiger partial charge in [0.1, 0.15) is 13.2 Å². The van der Waals surface area contributed by atoms with E-state index >= 15 is 0 Å². The number of carbonyl (C=O) groups excluding carboxylic acids is 2. The molecular formula is C8H14N2O6. The highest BCUT2D eigenvalue weighted by Gasteiger charge is 2.03. The lowest BCUT2D eigenvalue weighted by atomic mass is 10.8. The van der Waals surface area contributed by atoms with E-state index in [1.54, 1.807) is 0 Å². The SMILES string of the molecule is COCCOC(=O)/N=N\C(=O)OCCOC. The third-order valence-electron chi connectivity index (χ3n) is 1.24. The lowest BCUT2D eigenvalue weighted by molar-refractivity contribution is 0.0985. The summed E-state index contributed by atoms with van der Waals surface area (Å²) in [6.07, 6.45) is -1.94. The zero-order chi connectivity index (χ0) is 12.2. The maximum absolute atomic E-state index is 10.8. The monoisotopic (exact) mass is 234 g/mol. The third-order valence-corrected chi connectivity index (χ3v) is 1.24. The minimum atomic E-state index is -0.972. The van der Waals surface area contributed by atoms with Crippen molar-refractivity contribution >= 4 is 12.2 Å². The number of azo groups is 1. The summed E-state index contributed by atoms with van der Waals surface area (Å²) in [5.74, 6) is 0. The minimum Gasteiger partial charge on any atom is -0.444 e. The van der Waals surface area contributed by atoms with Gasteiger partial charge in [-0.25, -0.2) is 9.59 Å². The highest BCUT2D eigenvalue weighted by atomic mass is 16.6. The predicted octanol–water partition coefficient (Wildman–Crippen LogP) is 1.00. The Bertz CT molecular complexity index is 219. The van der Waals surface area contributed by atoms with Crippen LogP contribution in [0.1, 0.15) is 0 Å². The van der Waals surface area contributed by atoms with Gasteiger partial charge in [-0.15, -0.1) is 0 Å². The van der Waals surface area contributed by atoms with Crippen LogP contribution in [0.2, 0.25) is 0 Å². The molecular weight excluding hydrogens is 220 g/mol. The summed E-state index contributed by atoms with van der Waals surface area (Å²) in [6.45, 7) is 0.596. The largest absolute Gasteiger partial charge is 0.452 e. The minimum absolute atomic E-state index is 0.0487. The average molecular weight is 234 g/mol. The van der Waals surface area contributed by atoms with Gasteiger partial charge in [-0.2, -0.15) is 0 Å². The highest BCUT2D eigenvalue weighted by Crippen LogP contribution is 1.90. The van der Waals surface area contributed by atoms with Crippen LogP contribution in [-0.2, 0) is 18.9 Å². The number of nitrogens with zero attached hydrogens (tertiary/aromatic N) is 2. The first-order chi connectivity index (χ1) is 7.70. The van der Waals surface area contributed by atoms with E-state index in [9.17, 15) is 9.59 Å². The van der Waals surface area contributed by atoms with Crippen LogP contribution in [0.5, 0.6) is 0 Å². The van der Waals surface area contributed by atoms with Crippen molar-refractivity contribution in [3.63, 3.8) is 0 Å². The molecule has 0 aromatic heterocycles. The van der Waals surface area contributed by atoms with E-state index < -0.39 is 12.2 Å². The number of carbonyl (C=O) groups is 2. The molecule has 0 aliphatic heterocycles. The Morgan fingerprint density at radius 1 is 0.812 bits per heavy atom. The van der Waals surface area contributed by atoms with Crippen molar-refractivity contribution < 1.29 is 28.5 Å². The van der Waals surface area contributed by atoms with E-state index in [1.165, 1.54) is 14.2 Å². The van der Waals surface area contributed by atoms with Crippen LogP contribution < -0.4 is 0 Å². The summed E-state index contributed by atoms with van der Waals surface area (Å²) >= 11 is 0. The number of ether oxygens (including phenoxy) is 4. The number of hydrogen-bond acceptors (Lipinski definition) is 6. The van der Waals surface area contributed by atoms with Gasteiger partial charge in [-0.05, 0) is 0 Å². The Balaban J connectivity index is 3.63. The molecule has 0 spiro atoms. The van der Waals surface area contributed by atoms with Gasteiger partial charge in [-0.1, -0.05) is 10.2 Å². The van der Waals surface area contributed by atoms with Crippen LogP contribution in [0.15, 0.2) is 10.2 Å². The van der Waals surface area contributed by atoms with Crippen molar-refractivity contribution in [1.29, 1.82) is 0 Å². The van der Waals surface area contributed by atoms with Gasteiger partial charge in [0, 0.05) is 14.2 Å². The number of rotatable bonds is 6. The van der Waals surface area contributed by atoms with Crippen molar-refractivity contribution in [1.82, 2.24) is 0 Å². The van der Waals surface area contributed by atoms with Gasteiger partial charge >= 0.3 is 12.2 Å². The van der Waals surface area contributed by atoms with Gasteiger partial charge in [0.2, 0.25) is 0 Å². The molecule has 0 fully saturated rings. The second kappa shape index (κ2) is 9.99. The van der Waals surface area contributed by atoms with Crippen molar-refractivity contribution in [2.75, 3.05) is 40.6 Å². The number of amides is 2. The Morgan fingerprint density at radius 3 is 1.50 bits per heavy atom. The first kappa shape index (κ1) is 14.5. The Hall–Kier alpha value is -1.54. The predicted molar refractivity (Wildman–Crippen MR) is 51.3 cm³/mol. The normalized spacial score (nSPS) is 10.4. The first-order valence-electron chi connectivity index (χ1n) is 4.43. The van der Waals surface area contributed by atoms with Crippen LogP contribution in [0.25, 0.3) is 0 Å². The summed E-state index contributed by atoms with van der Waals surface area (Å²) in [6, 6.07) is 0. The molecule has 0 unspecified atom stereocenters. The van der Waals surface area contributed by atoms with Crippen molar-refractivity contribution in [2.24, 2.45) is 10.2 Å². The summed E-state index contributed by atoms with van der Waals surface area (Å²) in [5.41, 5.74) is 0. The second-order valence-corrected chi connectivity index (χ2v) is 2.41. The molecule has 0 aromatic carbocycles. The topological polar surface area (TPSA) is 95.8 Å². The molecule has 0 aromatic rings. The van der Waals surface area contributed by atoms with E-state index in [2.05, 4.69) is 29.2 Å². The van der Waals surface area contributed by atoms with Gasteiger partial charge in [0.05, 0.1) is 13.2 Å². The standard InChI is InChI=1S/C8H14N2O6/c1-13-3-5-15-7(11)9-10-8(12)16-6-4-14-2/h3-6H2,1-2H3/b10-9-. The zero-order valence-electron chi connectivity index (χ0n) is 9.17. The van der Waals surface area contributed by atoms with Crippen LogP contribution in [0.3, 0.4) is 0 Å². The number of hydrogen-bond donors (Lipinski definition) is 0. The fraction of sp³-hybridized carbons (Fsp3) is 0.750. The highest BCUT2D eigenvalue weighted by molar-refractivity contribution is 5.73. The van der Waals surface area contributed by atoms with Crippen LogP contribution in [0.4, 0.5) is 9.59 Å². The lowest BCUT2D eigenvalue weighted by Crippen LogP contribution is -2.08. The quantitative estimate of drug-likeness (QED) is 0.502. The summed E-state index contributed by atoms with van der Waals surface area (Å²) in [4.78, 5) is 21.6. The molecule has 92 valence electrons. The second-order valence-electron chi connectivity index (χ2n) is 2.41. The van der Waals surface area contributed by atoms with Gasteiger partial charge in [0.25, 0.3) is 0 Å². The van der Waals surface area contributed by atoms with Crippen LogP contribution in [0, 0.1) is 0 Å². The maximum Gasteiger partial charge on any atom is 0.452 e. The Morgan fingerprint density at radius 2 is 1.19 bits per heavy atom. The third kappa shape index (κ3) is 9.03. The summed E-state index contributed by atoms with van der Waals surface area (Å²) < 4.78 is 18.3. The molecule has 0 aliphatic carbocycles. The molecule has 0 bridgehead atoms. The number of methoxy groups -OCH3 is 2. The average Bonchev–Trinajstić information content (AvgIpc) is 2.27.